The second kappa shape index (κ2) is 10.9. The van der Waals surface area contributed by atoms with Crippen molar-refractivity contribution < 1.29 is 24.2 Å². The molecule has 2 aromatic carbocycles. The molecule has 1 atom stereocenters. The van der Waals surface area contributed by atoms with Gasteiger partial charge in [-0.3, -0.25) is 4.79 Å². The average molecular weight is 479 g/mol. The molecule has 0 unspecified atom stereocenters. The zero-order chi connectivity index (χ0) is 24.8. The highest BCUT2D eigenvalue weighted by Crippen LogP contribution is 2.44. The molecule has 7 nitrogen and oxygen atoms in total. The number of benzene rings is 2. The minimum Gasteiger partial charge on any atom is -0.480 e. The van der Waals surface area contributed by atoms with Crippen molar-refractivity contribution in [1.82, 2.24) is 10.6 Å². The van der Waals surface area contributed by atoms with Gasteiger partial charge in [0, 0.05) is 12.3 Å². The van der Waals surface area contributed by atoms with Crippen molar-refractivity contribution in [3.63, 3.8) is 0 Å². The summed E-state index contributed by atoms with van der Waals surface area (Å²) < 4.78 is 5.70. The number of rotatable bonds is 10. The number of amides is 2. The van der Waals surface area contributed by atoms with E-state index in [0.717, 1.165) is 47.9 Å². The van der Waals surface area contributed by atoms with Gasteiger partial charge in [0.15, 0.2) is 0 Å². The predicted molar refractivity (Wildman–Crippen MR) is 133 cm³/mol. The van der Waals surface area contributed by atoms with E-state index in [2.05, 4.69) is 34.9 Å². The van der Waals surface area contributed by atoms with Crippen LogP contribution in [0.1, 0.15) is 75.3 Å². The van der Waals surface area contributed by atoms with Crippen LogP contribution in [0.4, 0.5) is 4.79 Å². The maximum Gasteiger partial charge on any atom is 0.407 e. The SMILES string of the molecule is CCCC[C@H](NC(=O)CC1(NC(=O)OCC2c3ccccc3-c3ccccc32)CCCC1)C(=O)O. The maximum absolute atomic E-state index is 12.9. The highest BCUT2D eigenvalue weighted by molar-refractivity contribution is 5.85. The lowest BCUT2D eigenvalue weighted by Gasteiger charge is -2.30. The Morgan fingerprint density at radius 2 is 1.63 bits per heavy atom. The first-order valence-electron chi connectivity index (χ1n) is 12.6. The second-order valence-corrected chi connectivity index (χ2v) is 9.72. The number of nitrogens with one attached hydrogen (secondary N) is 2. The molecule has 0 aliphatic heterocycles. The van der Waals surface area contributed by atoms with E-state index in [-0.39, 0.29) is 24.9 Å². The number of carboxylic acid groups (broad SMARTS) is 1. The third-order valence-electron chi connectivity index (χ3n) is 7.25. The number of fused-ring (bicyclic) bond motifs is 3. The fourth-order valence-electron chi connectivity index (χ4n) is 5.47. The number of alkyl carbamates (subject to hydrolysis) is 1. The van der Waals surface area contributed by atoms with Gasteiger partial charge in [0.25, 0.3) is 0 Å². The number of carbonyl (C=O) groups is 3. The third kappa shape index (κ3) is 5.66. The van der Waals surface area contributed by atoms with Crippen LogP contribution in [0.25, 0.3) is 11.1 Å². The highest BCUT2D eigenvalue weighted by atomic mass is 16.5. The van der Waals surface area contributed by atoms with Gasteiger partial charge in [-0.25, -0.2) is 9.59 Å². The standard InChI is InChI=1S/C28H34N2O5/c1-2-3-14-24(26(32)33)29-25(31)17-28(15-8-9-16-28)30-27(34)35-18-23-21-12-6-4-10-19(21)20-11-5-7-13-22(20)23/h4-7,10-13,23-24H,2-3,8-9,14-18H2,1H3,(H,29,31)(H,30,34)(H,32,33)/t24-/m0/s1. The van der Waals surface area contributed by atoms with Gasteiger partial charge in [-0.15, -0.1) is 0 Å². The van der Waals surface area contributed by atoms with Crippen molar-refractivity contribution in [2.45, 2.75) is 75.8 Å². The quantitative estimate of drug-likeness (QED) is 0.446. The van der Waals surface area contributed by atoms with E-state index in [1.807, 2.05) is 31.2 Å². The molecule has 0 aromatic heterocycles. The normalized spacial score (nSPS) is 16.7. The molecule has 35 heavy (non-hydrogen) atoms. The molecule has 0 bridgehead atoms. The van der Waals surface area contributed by atoms with Crippen LogP contribution in [0.5, 0.6) is 0 Å². The second-order valence-electron chi connectivity index (χ2n) is 9.72. The van der Waals surface area contributed by atoms with Crippen molar-refractivity contribution in [2.24, 2.45) is 0 Å². The molecule has 3 N–H and O–H groups in total. The molecule has 0 spiro atoms. The Hall–Kier alpha value is -3.35. The Bertz CT molecular complexity index is 1030. The average Bonchev–Trinajstić information content (AvgIpc) is 3.42. The molecule has 2 aromatic rings. The molecule has 1 fully saturated rings. The fourth-order valence-corrected chi connectivity index (χ4v) is 5.47. The Kier molecular flexibility index (Phi) is 7.73. The molecule has 186 valence electrons. The van der Waals surface area contributed by atoms with Crippen molar-refractivity contribution >= 4 is 18.0 Å². The largest absolute Gasteiger partial charge is 0.480 e. The Morgan fingerprint density at radius 1 is 1.03 bits per heavy atom. The molecular formula is C28H34N2O5. The van der Waals surface area contributed by atoms with E-state index in [9.17, 15) is 19.5 Å². The molecule has 4 rings (SSSR count). The summed E-state index contributed by atoms with van der Waals surface area (Å²) in [7, 11) is 0. The van der Waals surface area contributed by atoms with Crippen molar-refractivity contribution in [2.75, 3.05) is 6.61 Å². The third-order valence-corrected chi connectivity index (χ3v) is 7.25. The number of carbonyl (C=O) groups excluding carboxylic acids is 2. The zero-order valence-electron chi connectivity index (χ0n) is 20.2. The highest BCUT2D eigenvalue weighted by Gasteiger charge is 2.39. The smallest absolute Gasteiger partial charge is 0.407 e. The van der Waals surface area contributed by atoms with Crippen LogP contribution < -0.4 is 10.6 Å². The maximum atomic E-state index is 12.9. The first kappa shape index (κ1) is 24.8. The van der Waals surface area contributed by atoms with Crippen LogP contribution >= 0.6 is 0 Å². The number of hydrogen-bond donors (Lipinski definition) is 3. The number of aliphatic carboxylic acids is 1. The number of carboxylic acids is 1. The molecule has 7 heteroatoms. The lowest BCUT2D eigenvalue weighted by molar-refractivity contribution is -0.142. The lowest BCUT2D eigenvalue weighted by Crippen LogP contribution is -2.51. The summed E-state index contributed by atoms with van der Waals surface area (Å²) in [6, 6.07) is 15.4. The summed E-state index contributed by atoms with van der Waals surface area (Å²) in [4.78, 5) is 37.1. The summed E-state index contributed by atoms with van der Waals surface area (Å²) in [6.07, 6.45) is 4.60. The van der Waals surface area contributed by atoms with Gasteiger partial charge in [0.05, 0.1) is 5.54 Å². The molecule has 0 radical (unpaired) electrons. The lowest BCUT2D eigenvalue weighted by atomic mass is 9.92. The Balaban J connectivity index is 1.38. The van der Waals surface area contributed by atoms with Crippen LogP contribution in [0, 0.1) is 0 Å². The van der Waals surface area contributed by atoms with Crippen LogP contribution in [0.15, 0.2) is 48.5 Å². The van der Waals surface area contributed by atoms with Gasteiger partial charge in [-0.05, 0) is 41.5 Å². The van der Waals surface area contributed by atoms with Crippen LogP contribution in [0.3, 0.4) is 0 Å². The van der Waals surface area contributed by atoms with Gasteiger partial charge in [0.1, 0.15) is 12.6 Å². The number of hydrogen-bond acceptors (Lipinski definition) is 4. The van der Waals surface area contributed by atoms with E-state index in [4.69, 9.17) is 4.74 Å². The first-order chi connectivity index (χ1) is 16.9. The van der Waals surface area contributed by atoms with Gasteiger partial charge < -0.3 is 20.5 Å². The summed E-state index contributed by atoms with van der Waals surface area (Å²) in [5, 5.41) is 15.0. The Morgan fingerprint density at radius 3 is 2.20 bits per heavy atom. The first-order valence-corrected chi connectivity index (χ1v) is 12.6. The monoisotopic (exact) mass is 478 g/mol. The fraction of sp³-hybridized carbons (Fsp3) is 0.464. The molecule has 2 aliphatic rings. The molecule has 2 amide bonds. The summed E-state index contributed by atoms with van der Waals surface area (Å²) >= 11 is 0. The minimum absolute atomic E-state index is 0.0362. The topological polar surface area (TPSA) is 105 Å². The number of unbranched alkanes of at least 4 members (excludes halogenated alkanes) is 1. The van der Waals surface area contributed by atoms with Crippen LogP contribution in [0.2, 0.25) is 0 Å². The Labute approximate surface area is 206 Å². The predicted octanol–water partition coefficient (Wildman–Crippen LogP) is 4.99. The van der Waals surface area contributed by atoms with Crippen LogP contribution in [-0.2, 0) is 14.3 Å². The summed E-state index contributed by atoms with van der Waals surface area (Å²) in [6.45, 7) is 2.19. The number of ether oxygens (including phenoxy) is 1. The van der Waals surface area contributed by atoms with E-state index >= 15 is 0 Å². The summed E-state index contributed by atoms with van der Waals surface area (Å²) in [5.74, 6) is -1.42. The van der Waals surface area contributed by atoms with Gasteiger partial charge in [-0.2, -0.15) is 0 Å². The van der Waals surface area contributed by atoms with E-state index in [1.165, 1.54) is 0 Å². The van der Waals surface area contributed by atoms with Gasteiger partial charge >= 0.3 is 12.1 Å². The van der Waals surface area contributed by atoms with E-state index < -0.39 is 23.6 Å². The van der Waals surface area contributed by atoms with Gasteiger partial charge in [0.2, 0.25) is 5.91 Å². The zero-order valence-corrected chi connectivity index (χ0v) is 20.2. The minimum atomic E-state index is -1.03. The molecule has 2 aliphatic carbocycles. The van der Waals surface area contributed by atoms with E-state index in [1.54, 1.807) is 0 Å². The summed E-state index contributed by atoms with van der Waals surface area (Å²) in [5.41, 5.74) is 3.90. The van der Waals surface area contributed by atoms with Crippen molar-refractivity contribution in [1.29, 1.82) is 0 Å². The van der Waals surface area contributed by atoms with Gasteiger partial charge in [-0.1, -0.05) is 81.1 Å². The molecule has 0 heterocycles. The molecule has 0 saturated heterocycles. The van der Waals surface area contributed by atoms with Crippen LogP contribution in [-0.4, -0.2) is 41.3 Å². The van der Waals surface area contributed by atoms with Crippen molar-refractivity contribution in [3.8, 4) is 11.1 Å². The molecular weight excluding hydrogens is 444 g/mol. The van der Waals surface area contributed by atoms with E-state index in [0.29, 0.717) is 19.3 Å². The molecule has 1 saturated carbocycles. The van der Waals surface area contributed by atoms with Crippen molar-refractivity contribution in [3.05, 3.63) is 59.7 Å².